The minimum Gasteiger partial charge on any atom is -0.356 e. The first-order valence-electron chi connectivity index (χ1n) is 9.53. The molecule has 27 heavy (non-hydrogen) atoms. The van der Waals surface area contributed by atoms with Crippen molar-refractivity contribution in [3.05, 3.63) is 52.0 Å². The molecule has 0 bridgehead atoms. The highest BCUT2D eigenvalue weighted by molar-refractivity contribution is 5.79. The molecule has 0 unspecified atom stereocenters. The summed E-state index contributed by atoms with van der Waals surface area (Å²) in [5, 5.41) is 10.8. The second-order valence-electron chi connectivity index (χ2n) is 6.65. The van der Waals surface area contributed by atoms with Crippen molar-refractivity contribution in [3.63, 3.8) is 0 Å². The van der Waals surface area contributed by atoms with Crippen LogP contribution in [0.1, 0.15) is 30.7 Å². The van der Waals surface area contributed by atoms with E-state index in [2.05, 4.69) is 20.7 Å². The molecule has 0 aliphatic carbocycles. The molecule has 0 saturated heterocycles. The van der Waals surface area contributed by atoms with Crippen molar-refractivity contribution in [1.82, 2.24) is 25.0 Å². The highest BCUT2D eigenvalue weighted by Crippen LogP contribution is 2.09. The molecular weight excluding hydrogens is 347 g/mol. The number of aryl methyl sites for hydroxylation is 2. The first-order valence-corrected chi connectivity index (χ1v) is 9.53. The summed E-state index contributed by atoms with van der Waals surface area (Å²) in [6.07, 6.45) is 4.40. The van der Waals surface area contributed by atoms with Crippen LogP contribution in [0.3, 0.4) is 0 Å². The van der Waals surface area contributed by atoms with Gasteiger partial charge in [-0.2, -0.15) is 5.10 Å². The average Bonchev–Trinajstić information content (AvgIpc) is 3.01. The van der Waals surface area contributed by atoms with Crippen LogP contribution in [0, 0.1) is 5.82 Å². The molecule has 1 aromatic heterocycles. The van der Waals surface area contributed by atoms with Gasteiger partial charge in [0.1, 0.15) is 11.6 Å². The highest BCUT2D eigenvalue weighted by Gasteiger charge is 2.16. The van der Waals surface area contributed by atoms with E-state index in [4.69, 9.17) is 0 Å². The van der Waals surface area contributed by atoms with Crippen molar-refractivity contribution in [2.24, 2.45) is 4.99 Å². The van der Waals surface area contributed by atoms with E-state index in [9.17, 15) is 9.18 Å². The van der Waals surface area contributed by atoms with Crippen LogP contribution < -0.4 is 16.3 Å². The number of nitrogens with zero attached hydrogens (tertiary/aromatic N) is 4. The summed E-state index contributed by atoms with van der Waals surface area (Å²) < 4.78 is 17.0. The van der Waals surface area contributed by atoms with Crippen molar-refractivity contribution >= 4 is 5.96 Å². The summed E-state index contributed by atoms with van der Waals surface area (Å²) in [5.74, 6) is 1.39. The summed E-state index contributed by atoms with van der Waals surface area (Å²) >= 11 is 0. The molecule has 0 atom stereocenters. The molecule has 146 valence electrons. The second-order valence-corrected chi connectivity index (χ2v) is 6.65. The fourth-order valence-corrected chi connectivity index (χ4v) is 3.27. The fraction of sp³-hybridized carbons (Fsp3) is 0.526. The number of halogens is 1. The largest absolute Gasteiger partial charge is 0.356 e. The SMILES string of the molecule is CN=C(NCCCn1nc2n(c1=O)CCCC2)NCCc1ccccc1F. The van der Waals surface area contributed by atoms with Gasteiger partial charge in [-0.05, 0) is 37.3 Å². The normalized spacial score (nSPS) is 14.1. The third-order valence-electron chi connectivity index (χ3n) is 4.74. The minimum atomic E-state index is -0.185. The summed E-state index contributed by atoms with van der Waals surface area (Å²) in [6.45, 7) is 2.63. The predicted octanol–water partition coefficient (Wildman–Crippen LogP) is 1.32. The van der Waals surface area contributed by atoms with E-state index in [1.54, 1.807) is 28.4 Å². The van der Waals surface area contributed by atoms with Crippen LogP contribution in [0.25, 0.3) is 0 Å². The number of rotatable bonds is 7. The van der Waals surface area contributed by atoms with Gasteiger partial charge in [0.05, 0.1) is 0 Å². The molecular formula is C19H27FN6O. The lowest BCUT2D eigenvalue weighted by atomic mass is 10.1. The molecule has 2 heterocycles. The van der Waals surface area contributed by atoms with Gasteiger partial charge in [0.15, 0.2) is 5.96 Å². The smallest absolute Gasteiger partial charge is 0.345 e. The Morgan fingerprint density at radius 2 is 2.07 bits per heavy atom. The van der Waals surface area contributed by atoms with E-state index in [0.29, 0.717) is 37.6 Å². The quantitative estimate of drug-likeness (QED) is 0.435. The van der Waals surface area contributed by atoms with Crippen LogP contribution in [0.5, 0.6) is 0 Å². The van der Waals surface area contributed by atoms with Crippen LogP contribution in [-0.4, -0.2) is 40.4 Å². The van der Waals surface area contributed by atoms with Crippen molar-refractivity contribution in [2.75, 3.05) is 20.1 Å². The number of hydrogen-bond donors (Lipinski definition) is 2. The number of nitrogens with one attached hydrogen (secondary N) is 2. The number of fused-ring (bicyclic) bond motifs is 1. The molecule has 1 aliphatic heterocycles. The average molecular weight is 374 g/mol. The molecule has 1 aliphatic rings. The highest BCUT2D eigenvalue weighted by atomic mass is 19.1. The molecule has 0 amide bonds. The van der Waals surface area contributed by atoms with Crippen molar-refractivity contribution < 1.29 is 4.39 Å². The Morgan fingerprint density at radius 1 is 1.26 bits per heavy atom. The van der Waals surface area contributed by atoms with Gasteiger partial charge in [-0.3, -0.25) is 9.56 Å². The van der Waals surface area contributed by atoms with E-state index in [1.807, 2.05) is 6.07 Å². The standard InChI is InChI=1S/C19H27FN6O/c1-21-18(23-12-10-15-7-2-3-8-16(15)20)22-11-6-14-26-19(27)25-13-5-4-9-17(25)24-26/h2-3,7-8H,4-6,9-14H2,1H3,(H2,21,22,23). The van der Waals surface area contributed by atoms with Gasteiger partial charge in [0.2, 0.25) is 0 Å². The number of aromatic nitrogens is 3. The molecule has 0 saturated carbocycles. The lowest BCUT2D eigenvalue weighted by Crippen LogP contribution is -2.39. The molecule has 7 nitrogen and oxygen atoms in total. The minimum absolute atomic E-state index is 0.00269. The Kier molecular flexibility index (Phi) is 6.62. The van der Waals surface area contributed by atoms with Crippen molar-refractivity contribution in [2.45, 2.75) is 45.2 Å². The van der Waals surface area contributed by atoms with Crippen molar-refractivity contribution in [1.29, 1.82) is 0 Å². The first-order chi connectivity index (χ1) is 13.2. The van der Waals surface area contributed by atoms with Gasteiger partial charge in [-0.15, -0.1) is 0 Å². The van der Waals surface area contributed by atoms with Gasteiger partial charge < -0.3 is 10.6 Å². The number of hydrogen-bond acceptors (Lipinski definition) is 3. The van der Waals surface area contributed by atoms with Crippen LogP contribution in [0.2, 0.25) is 0 Å². The Hall–Kier alpha value is -2.64. The van der Waals surface area contributed by atoms with E-state index in [0.717, 1.165) is 38.1 Å². The van der Waals surface area contributed by atoms with Crippen LogP contribution in [0.4, 0.5) is 4.39 Å². The zero-order valence-electron chi connectivity index (χ0n) is 15.7. The third kappa shape index (κ3) is 4.96. The Morgan fingerprint density at radius 3 is 2.85 bits per heavy atom. The number of aliphatic imine (C=N–C) groups is 1. The fourth-order valence-electron chi connectivity index (χ4n) is 3.27. The van der Waals surface area contributed by atoms with Gasteiger partial charge >= 0.3 is 5.69 Å². The first kappa shape index (κ1) is 19.1. The molecule has 2 N–H and O–H groups in total. The zero-order chi connectivity index (χ0) is 19.1. The monoisotopic (exact) mass is 374 g/mol. The third-order valence-corrected chi connectivity index (χ3v) is 4.74. The molecule has 0 radical (unpaired) electrons. The van der Waals surface area contributed by atoms with Crippen LogP contribution >= 0.6 is 0 Å². The Balaban J connectivity index is 1.39. The maximum atomic E-state index is 13.6. The molecule has 0 fully saturated rings. The lowest BCUT2D eigenvalue weighted by Gasteiger charge is -2.12. The number of guanidine groups is 1. The van der Waals surface area contributed by atoms with E-state index < -0.39 is 0 Å². The van der Waals surface area contributed by atoms with Gasteiger partial charge in [-0.1, -0.05) is 18.2 Å². The topological polar surface area (TPSA) is 76.2 Å². The maximum absolute atomic E-state index is 13.6. The van der Waals surface area contributed by atoms with E-state index in [1.165, 1.54) is 6.07 Å². The summed E-state index contributed by atoms with van der Waals surface area (Å²) in [6, 6.07) is 6.78. The van der Waals surface area contributed by atoms with Crippen LogP contribution in [0.15, 0.2) is 34.1 Å². The Labute approximate surface area is 158 Å². The second kappa shape index (κ2) is 9.34. The number of benzene rings is 1. The molecule has 8 heteroatoms. The van der Waals surface area contributed by atoms with E-state index in [-0.39, 0.29) is 11.5 Å². The van der Waals surface area contributed by atoms with Gasteiger partial charge in [0.25, 0.3) is 0 Å². The lowest BCUT2D eigenvalue weighted by molar-refractivity contribution is 0.509. The van der Waals surface area contributed by atoms with E-state index >= 15 is 0 Å². The maximum Gasteiger partial charge on any atom is 0.345 e. The summed E-state index contributed by atoms with van der Waals surface area (Å²) in [4.78, 5) is 16.4. The molecule has 1 aromatic carbocycles. The van der Waals surface area contributed by atoms with Gasteiger partial charge in [-0.25, -0.2) is 13.9 Å². The molecule has 3 rings (SSSR count). The summed E-state index contributed by atoms with van der Waals surface area (Å²) in [7, 11) is 1.70. The predicted molar refractivity (Wildman–Crippen MR) is 104 cm³/mol. The van der Waals surface area contributed by atoms with Gasteiger partial charge in [0, 0.05) is 39.6 Å². The molecule has 2 aromatic rings. The summed E-state index contributed by atoms with van der Waals surface area (Å²) in [5.41, 5.74) is 0.681. The van der Waals surface area contributed by atoms with Crippen LogP contribution in [-0.2, 0) is 25.9 Å². The van der Waals surface area contributed by atoms with Crippen molar-refractivity contribution in [3.8, 4) is 0 Å². The Bertz CT molecular complexity index is 841. The zero-order valence-corrected chi connectivity index (χ0v) is 15.7. The molecule has 0 spiro atoms.